The summed E-state index contributed by atoms with van der Waals surface area (Å²) in [6.45, 7) is 6.05. The molecule has 0 aliphatic rings. The number of ether oxygens (including phenoxy) is 1. The molecule has 1 aromatic rings. The first kappa shape index (κ1) is 14.4. The first-order valence-corrected chi connectivity index (χ1v) is 5.90. The first-order chi connectivity index (χ1) is 8.34. The Hall–Kier alpha value is -1.62. The van der Waals surface area contributed by atoms with Crippen LogP contribution in [-0.2, 0) is 4.74 Å². The van der Waals surface area contributed by atoms with Crippen molar-refractivity contribution in [2.24, 2.45) is 0 Å². The van der Waals surface area contributed by atoms with Crippen LogP contribution in [0, 0.1) is 10.1 Å². The second kappa shape index (κ2) is 5.82. The molecule has 1 rings (SSSR count). The van der Waals surface area contributed by atoms with Crippen LogP contribution >= 0.6 is 0 Å². The minimum atomic E-state index is -0.394. The summed E-state index contributed by atoms with van der Waals surface area (Å²) in [5.74, 6) is 0. The van der Waals surface area contributed by atoms with Gasteiger partial charge in [-0.3, -0.25) is 10.1 Å². The third kappa shape index (κ3) is 4.33. The molecule has 0 amide bonds. The summed E-state index contributed by atoms with van der Waals surface area (Å²) < 4.78 is 5.36. The monoisotopic (exact) mass is 252 g/mol. The highest BCUT2D eigenvalue weighted by atomic mass is 16.6. The van der Waals surface area contributed by atoms with E-state index in [1.807, 2.05) is 26.8 Å². The zero-order chi connectivity index (χ0) is 13.8. The van der Waals surface area contributed by atoms with Crippen molar-refractivity contribution in [3.63, 3.8) is 0 Å². The topological polar surface area (TPSA) is 64.4 Å². The van der Waals surface area contributed by atoms with E-state index >= 15 is 0 Å². The number of nitro groups is 1. The number of nitrogens with one attached hydrogen (secondary N) is 1. The summed E-state index contributed by atoms with van der Waals surface area (Å²) in [4.78, 5) is 10.3. The van der Waals surface area contributed by atoms with Gasteiger partial charge in [0.05, 0.1) is 10.5 Å². The van der Waals surface area contributed by atoms with Crippen LogP contribution in [0.25, 0.3) is 0 Å². The Bertz CT molecular complexity index is 418. The van der Waals surface area contributed by atoms with Crippen LogP contribution in [0.15, 0.2) is 24.3 Å². The summed E-state index contributed by atoms with van der Waals surface area (Å²) in [6, 6.07) is 6.69. The van der Waals surface area contributed by atoms with Crippen molar-refractivity contribution in [3.05, 3.63) is 34.4 Å². The molecule has 0 heterocycles. The normalized spacial score (nSPS) is 13.1. The quantitative estimate of drug-likeness (QED) is 0.623. The minimum Gasteiger partial charge on any atom is -0.382 e. The summed E-state index contributed by atoms with van der Waals surface area (Å²) >= 11 is 0. The zero-order valence-electron chi connectivity index (χ0n) is 11.3. The van der Waals surface area contributed by atoms with E-state index in [9.17, 15) is 10.1 Å². The lowest BCUT2D eigenvalue weighted by molar-refractivity contribution is -0.384. The summed E-state index contributed by atoms with van der Waals surface area (Å²) in [7, 11) is 1.68. The number of hydrogen-bond acceptors (Lipinski definition) is 4. The van der Waals surface area contributed by atoms with Gasteiger partial charge in [0.2, 0.25) is 0 Å². The molecule has 0 spiro atoms. The molecule has 1 aromatic carbocycles. The van der Waals surface area contributed by atoms with E-state index in [2.05, 4.69) is 5.32 Å². The number of anilines is 1. The largest absolute Gasteiger partial charge is 0.382 e. The molecule has 5 heteroatoms. The Kier molecular flexibility index (Phi) is 4.67. The molecule has 18 heavy (non-hydrogen) atoms. The predicted octanol–water partition coefficient (Wildman–Crippen LogP) is 3.21. The van der Waals surface area contributed by atoms with Gasteiger partial charge in [-0.05, 0) is 33.3 Å². The second-order valence-corrected chi connectivity index (χ2v) is 5.02. The Morgan fingerprint density at radius 1 is 1.50 bits per heavy atom. The molecule has 0 saturated carbocycles. The van der Waals surface area contributed by atoms with Crippen LogP contribution < -0.4 is 5.32 Å². The van der Waals surface area contributed by atoms with Gasteiger partial charge in [-0.15, -0.1) is 0 Å². The number of nitro benzene ring substituents is 1. The Labute approximate surface area is 107 Å². The lowest BCUT2D eigenvalue weighted by Gasteiger charge is -2.27. The van der Waals surface area contributed by atoms with Gasteiger partial charge in [0.15, 0.2) is 0 Å². The van der Waals surface area contributed by atoms with E-state index in [1.54, 1.807) is 13.2 Å². The van der Waals surface area contributed by atoms with Gasteiger partial charge >= 0.3 is 0 Å². The molecule has 5 nitrogen and oxygen atoms in total. The van der Waals surface area contributed by atoms with Crippen LogP contribution in [0.4, 0.5) is 11.4 Å². The molecule has 1 atom stereocenters. The lowest BCUT2D eigenvalue weighted by Crippen LogP contribution is -2.31. The Morgan fingerprint density at radius 3 is 2.72 bits per heavy atom. The second-order valence-electron chi connectivity index (χ2n) is 5.02. The van der Waals surface area contributed by atoms with Crippen molar-refractivity contribution in [2.45, 2.75) is 38.8 Å². The van der Waals surface area contributed by atoms with Crippen LogP contribution in [-0.4, -0.2) is 23.7 Å². The van der Waals surface area contributed by atoms with E-state index < -0.39 is 4.92 Å². The van der Waals surface area contributed by atoms with E-state index in [0.29, 0.717) is 0 Å². The Morgan fingerprint density at radius 2 is 2.17 bits per heavy atom. The average molecular weight is 252 g/mol. The molecule has 0 aromatic heterocycles. The number of hydrogen-bond donors (Lipinski definition) is 1. The molecule has 1 N–H and O–H groups in total. The molecule has 0 saturated heterocycles. The summed E-state index contributed by atoms with van der Waals surface area (Å²) in [6.07, 6.45) is 0.812. The number of nitrogens with zero attached hydrogens (tertiary/aromatic N) is 1. The fraction of sp³-hybridized carbons (Fsp3) is 0.538. The lowest BCUT2D eigenvalue weighted by atomic mass is 9.99. The zero-order valence-corrected chi connectivity index (χ0v) is 11.3. The first-order valence-electron chi connectivity index (χ1n) is 5.90. The highest BCUT2D eigenvalue weighted by Gasteiger charge is 2.20. The van der Waals surface area contributed by atoms with Gasteiger partial charge in [0.25, 0.3) is 5.69 Å². The van der Waals surface area contributed by atoms with E-state index in [-0.39, 0.29) is 17.3 Å². The smallest absolute Gasteiger partial charge is 0.271 e. The molecule has 1 unspecified atom stereocenters. The molecule has 0 aliphatic heterocycles. The third-order valence-corrected chi connectivity index (χ3v) is 2.82. The van der Waals surface area contributed by atoms with E-state index in [4.69, 9.17) is 4.74 Å². The van der Waals surface area contributed by atoms with Crippen molar-refractivity contribution in [1.29, 1.82) is 0 Å². The maximum atomic E-state index is 10.7. The van der Waals surface area contributed by atoms with Crippen molar-refractivity contribution < 1.29 is 9.66 Å². The fourth-order valence-corrected chi connectivity index (χ4v) is 1.87. The molecular weight excluding hydrogens is 232 g/mol. The molecule has 0 fully saturated rings. The van der Waals surface area contributed by atoms with Gasteiger partial charge < -0.3 is 10.1 Å². The number of rotatable bonds is 6. The maximum absolute atomic E-state index is 10.7. The molecule has 100 valence electrons. The molecule has 0 radical (unpaired) electrons. The number of methoxy groups -OCH3 is 1. The van der Waals surface area contributed by atoms with Gasteiger partial charge in [-0.1, -0.05) is 6.07 Å². The summed E-state index contributed by atoms with van der Waals surface area (Å²) in [5, 5.41) is 13.9. The van der Waals surface area contributed by atoms with Crippen molar-refractivity contribution in [2.75, 3.05) is 12.4 Å². The molecule has 0 aliphatic carbocycles. The fourth-order valence-electron chi connectivity index (χ4n) is 1.87. The average Bonchev–Trinajstić information content (AvgIpc) is 2.28. The maximum Gasteiger partial charge on any atom is 0.271 e. The van der Waals surface area contributed by atoms with Gasteiger partial charge in [-0.25, -0.2) is 0 Å². The highest BCUT2D eigenvalue weighted by Crippen LogP contribution is 2.21. The van der Waals surface area contributed by atoms with E-state index in [1.165, 1.54) is 12.1 Å². The highest BCUT2D eigenvalue weighted by molar-refractivity contribution is 5.51. The Balaban J connectivity index is 2.67. The van der Waals surface area contributed by atoms with Crippen molar-refractivity contribution in [3.8, 4) is 0 Å². The standard InChI is InChI=1S/C13H20N2O3/c1-10(9-13(2,3)18-4)14-11-6-5-7-12(8-11)15(16)17/h5-8,10,14H,9H2,1-4H3. The van der Waals surface area contributed by atoms with Crippen LogP contribution in [0.3, 0.4) is 0 Å². The van der Waals surface area contributed by atoms with Gasteiger partial charge in [-0.2, -0.15) is 0 Å². The molecule has 0 bridgehead atoms. The van der Waals surface area contributed by atoms with Crippen LogP contribution in [0.1, 0.15) is 27.2 Å². The third-order valence-electron chi connectivity index (χ3n) is 2.82. The number of benzene rings is 1. The summed E-state index contributed by atoms with van der Waals surface area (Å²) in [5.41, 5.74) is 0.634. The van der Waals surface area contributed by atoms with Gasteiger partial charge in [0.1, 0.15) is 0 Å². The predicted molar refractivity (Wildman–Crippen MR) is 71.9 cm³/mol. The SMILES string of the molecule is COC(C)(C)CC(C)Nc1cccc([N+](=O)[O-])c1. The van der Waals surface area contributed by atoms with Gasteiger partial charge in [0, 0.05) is 31.0 Å². The van der Waals surface area contributed by atoms with Crippen molar-refractivity contribution >= 4 is 11.4 Å². The number of non-ortho nitro benzene ring substituents is 1. The minimum absolute atomic E-state index is 0.0956. The van der Waals surface area contributed by atoms with E-state index in [0.717, 1.165) is 12.1 Å². The van der Waals surface area contributed by atoms with Crippen molar-refractivity contribution in [1.82, 2.24) is 0 Å². The molecular formula is C13H20N2O3. The van der Waals surface area contributed by atoms with Crippen LogP contribution in [0.2, 0.25) is 0 Å². The van der Waals surface area contributed by atoms with Crippen LogP contribution in [0.5, 0.6) is 0 Å².